The molecule has 0 fully saturated rings. The average molecular weight is 550 g/mol. The third-order valence-corrected chi connectivity index (χ3v) is 5.53. The van der Waals surface area contributed by atoms with Crippen molar-refractivity contribution in [2.75, 3.05) is 7.11 Å². The summed E-state index contributed by atoms with van der Waals surface area (Å²) in [6.07, 6.45) is 1.47. The van der Waals surface area contributed by atoms with Crippen LogP contribution in [0.1, 0.15) is 34.0 Å². The second-order valence-corrected chi connectivity index (χ2v) is 8.65. The van der Waals surface area contributed by atoms with E-state index in [4.69, 9.17) is 18.9 Å². The molecule has 0 saturated carbocycles. The van der Waals surface area contributed by atoms with Crippen molar-refractivity contribution in [3.8, 4) is 17.2 Å². The monoisotopic (exact) mass is 549 g/mol. The minimum absolute atomic E-state index is 0.0127. The Morgan fingerprint density at radius 1 is 0.944 bits per heavy atom. The summed E-state index contributed by atoms with van der Waals surface area (Å²) < 4.78 is 22.0. The van der Waals surface area contributed by atoms with Crippen molar-refractivity contribution in [3.63, 3.8) is 0 Å². The zero-order chi connectivity index (χ0) is 25.8. The molecule has 3 aromatic carbocycles. The molecule has 0 atom stereocenters. The molecule has 8 nitrogen and oxygen atoms in total. The number of benzene rings is 3. The van der Waals surface area contributed by atoms with Crippen molar-refractivity contribution in [1.82, 2.24) is 0 Å². The molecule has 1 aliphatic rings. The van der Waals surface area contributed by atoms with Gasteiger partial charge in [0, 0.05) is 22.5 Å². The largest absolute Gasteiger partial charge is 0.493 e. The molecular weight excluding hydrogens is 530 g/mol. The summed E-state index contributed by atoms with van der Waals surface area (Å²) in [4.78, 5) is 40.8. The Morgan fingerprint density at radius 2 is 1.67 bits per heavy atom. The molecule has 1 heterocycles. The van der Waals surface area contributed by atoms with E-state index >= 15 is 0 Å². The molecule has 0 unspecified atom stereocenters. The predicted molar refractivity (Wildman–Crippen MR) is 135 cm³/mol. The van der Waals surface area contributed by atoms with Gasteiger partial charge in [0.2, 0.25) is 5.90 Å². The van der Waals surface area contributed by atoms with Crippen LogP contribution in [0, 0.1) is 6.92 Å². The summed E-state index contributed by atoms with van der Waals surface area (Å²) in [6, 6.07) is 16.7. The second-order valence-electron chi connectivity index (χ2n) is 7.73. The Bertz CT molecular complexity index is 1420. The first kappa shape index (κ1) is 24.9. The minimum atomic E-state index is -0.677. The van der Waals surface area contributed by atoms with Gasteiger partial charge in [0.05, 0.1) is 12.7 Å². The summed E-state index contributed by atoms with van der Waals surface area (Å²) in [5.74, 6) is -0.908. The van der Waals surface area contributed by atoms with Crippen LogP contribution in [0.15, 0.2) is 75.8 Å². The Hall–Kier alpha value is -4.24. The fourth-order valence-electron chi connectivity index (χ4n) is 3.29. The van der Waals surface area contributed by atoms with Crippen molar-refractivity contribution in [1.29, 1.82) is 0 Å². The number of hydrogen-bond acceptors (Lipinski definition) is 8. The molecule has 0 N–H and O–H groups in total. The molecule has 0 amide bonds. The summed E-state index contributed by atoms with van der Waals surface area (Å²) in [7, 11) is 1.42. The highest BCUT2D eigenvalue weighted by Gasteiger charge is 2.26. The van der Waals surface area contributed by atoms with Crippen LogP contribution in [0.3, 0.4) is 0 Å². The first-order valence-corrected chi connectivity index (χ1v) is 11.5. The smallest absolute Gasteiger partial charge is 0.363 e. The van der Waals surface area contributed by atoms with Gasteiger partial charge >= 0.3 is 17.9 Å². The van der Waals surface area contributed by atoms with Crippen LogP contribution < -0.4 is 14.2 Å². The molecule has 0 spiro atoms. The highest BCUT2D eigenvalue weighted by molar-refractivity contribution is 9.10. The van der Waals surface area contributed by atoms with Gasteiger partial charge in [0.25, 0.3) is 0 Å². The van der Waals surface area contributed by atoms with Gasteiger partial charge in [-0.25, -0.2) is 14.6 Å². The van der Waals surface area contributed by atoms with E-state index in [0.717, 1.165) is 5.56 Å². The Morgan fingerprint density at radius 3 is 2.36 bits per heavy atom. The van der Waals surface area contributed by atoms with Gasteiger partial charge in [-0.05, 0) is 61.5 Å². The van der Waals surface area contributed by atoms with E-state index < -0.39 is 17.9 Å². The van der Waals surface area contributed by atoms with Gasteiger partial charge in [-0.1, -0.05) is 33.6 Å². The third-order valence-electron chi connectivity index (χ3n) is 5.04. The number of esters is 3. The van der Waals surface area contributed by atoms with Crippen molar-refractivity contribution >= 4 is 45.8 Å². The lowest BCUT2D eigenvalue weighted by Crippen LogP contribution is -2.09. The highest BCUT2D eigenvalue weighted by atomic mass is 79.9. The van der Waals surface area contributed by atoms with Crippen LogP contribution in [-0.4, -0.2) is 30.9 Å². The number of nitrogens with zero attached hydrogens (tertiary/aromatic N) is 1. The molecule has 0 aliphatic carbocycles. The molecular formula is C27H20BrNO7. The lowest BCUT2D eigenvalue weighted by Gasteiger charge is -2.09. The van der Waals surface area contributed by atoms with Crippen LogP contribution >= 0.6 is 15.9 Å². The molecule has 0 radical (unpaired) electrons. The number of methoxy groups -OCH3 is 1. The summed E-state index contributed by atoms with van der Waals surface area (Å²) in [5, 5.41) is 0. The molecule has 9 heteroatoms. The Labute approximate surface area is 215 Å². The Balaban J connectivity index is 1.64. The van der Waals surface area contributed by atoms with Gasteiger partial charge in [0.1, 0.15) is 5.75 Å². The van der Waals surface area contributed by atoms with Crippen molar-refractivity contribution in [2.24, 2.45) is 4.99 Å². The zero-order valence-corrected chi connectivity index (χ0v) is 21.1. The van der Waals surface area contributed by atoms with E-state index in [1.54, 1.807) is 42.5 Å². The van der Waals surface area contributed by atoms with Crippen LogP contribution in [-0.2, 0) is 14.3 Å². The molecule has 36 heavy (non-hydrogen) atoms. The fourth-order valence-corrected chi connectivity index (χ4v) is 3.67. The second kappa shape index (κ2) is 10.6. The van der Waals surface area contributed by atoms with Crippen molar-refractivity contribution in [3.05, 3.63) is 93.1 Å². The average Bonchev–Trinajstić information content (AvgIpc) is 3.21. The van der Waals surface area contributed by atoms with Crippen LogP contribution in [0.2, 0.25) is 0 Å². The standard InChI is InChI=1S/C27H20BrNO7/c1-15-4-6-17(7-5-15)26(31)35-22-11-9-20(28)12-19(22)13-21-27(32)36-25(29-21)18-8-10-23(34-16(2)30)24(14-18)33-3/h4-14H,1-3H3/b21-13-. The normalized spacial score (nSPS) is 13.7. The number of ether oxygens (including phenoxy) is 4. The van der Waals surface area contributed by atoms with E-state index in [9.17, 15) is 14.4 Å². The molecule has 3 aromatic rings. The molecule has 0 saturated heterocycles. The number of hydrogen-bond donors (Lipinski definition) is 0. The topological polar surface area (TPSA) is 100 Å². The summed E-state index contributed by atoms with van der Waals surface area (Å²) in [5.41, 5.74) is 2.32. The maximum Gasteiger partial charge on any atom is 0.363 e. The Kier molecular flexibility index (Phi) is 7.30. The number of halogens is 1. The van der Waals surface area contributed by atoms with E-state index in [2.05, 4.69) is 20.9 Å². The maximum atomic E-state index is 12.6. The third kappa shape index (κ3) is 5.69. The van der Waals surface area contributed by atoms with Crippen molar-refractivity contribution < 1.29 is 33.3 Å². The fraction of sp³-hybridized carbons (Fsp3) is 0.111. The van der Waals surface area contributed by atoms with E-state index in [1.807, 2.05) is 19.1 Å². The van der Waals surface area contributed by atoms with E-state index in [-0.39, 0.29) is 28.8 Å². The first-order valence-electron chi connectivity index (χ1n) is 10.7. The molecule has 182 valence electrons. The molecule has 4 rings (SSSR count). The lowest BCUT2D eigenvalue weighted by molar-refractivity contribution is -0.132. The quantitative estimate of drug-likeness (QED) is 0.235. The van der Waals surface area contributed by atoms with Gasteiger partial charge in [0.15, 0.2) is 17.2 Å². The molecule has 0 aromatic heterocycles. The van der Waals surface area contributed by atoms with Gasteiger partial charge in [-0.15, -0.1) is 0 Å². The number of cyclic esters (lactones) is 1. The maximum absolute atomic E-state index is 12.6. The SMILES string of the molecule is COc1cc(C2=N/C(=C\c3cc(Br)ccc3OC(=O)c3ccc(C)cc3)C(=O)O2)ccc1OC(C)=O. The predicted octanol–water partition coefficient (Wildman–Crippen LogP) is 5.26. The van der Waals surface area contributed by atoms with Crippen LogP contribution in [0.25, 0.3) is 6.08 Å². The molecule has 1 aliphatic heterocycles. The van der Waals surface area contributed by atoms with E-state index in [0.29, 0.717) is 21.2 Å². The number of carbonyl (C=O) groups is 3. The van der Waals surface area contributed by atoms with Crippen molar-refractivity contribution in [2.45, 2.75) is 13.8 Å². The molecule has 0 bridgehead atoms. The van der Waals surface area contributed by atoms with Crippen LogP contribution in [0.5, 0.6) is 17.2 Å². The van der Waals surface area contributed by atoms with E-state index in [1.165, 1.54) is 26.2 Å². The summed E-state index contributed by atoms with van der Waals surface area (Å²) in [6.45, 7) is 3.20. The lowest BCUT2D eigenvalue weighted by atomic mass is 10.1. The van der Waals surface area contributed by atoms with Gasteiger partial charge < -0.3 is 18.9 Å². The number of rotatable bonds is 6. The highest BCUT2D eigenvalue weighted by Crippen LogP contribution is 2.31. The van der Waals surface area contributed by atoms with Gasteiger partial charge in [-0.2, -0.15) is 0 Å². The summed E-state index contributed by atoms with van der Waals surface area (Å²) >= 11 is 3.40. The minimum Gasteiger partial charge on any atom is -0.493 e. The number of aliphatic imine (C=N–C) groups is 1. The van der Waals surface area contributed by atoms with Crippen LogP contribution in [0.4, 0.5) is 0 Å². The number of carbonyl (C=O) groups excluding carboxylic acids is 3. The number of aryl methyl sites for hydroxylation is 1. The van der Waals surface area contributed by atoms with Gasteiger partial charge in [-0.3, -0.25) is 4.79 Å². The zero-order valence-electron chi connectivity index (χ0n) is 19.5. The first-order chi connectivity index (χ1) is 17.2.